The lowest BCUT2D eigenvalue weighted by molar-refractivity contribution is -0.113. The van der Waals surface area contributed by atoms with Gasteiger partial charge in [-0.2, -0.15) is 4.99 Å². The molecule has 3 heterocycles. The molecule has 0 N–H and O–H groups in total. The Morgan fingerprint density at radius 3 is 2.59 bits per heavy atom. The summed E-state index contributed by atoms with van der Waals surface area (Å²) in [7, 11) is 0. The lowest BCUT2D eigenvalue weighted by Crippen LogP contribution is -2.33. The smallest absolute Gasteiger partial charge is 0.341 e. The monoisotopic (exact) mass is 528 g/mol. The molecule has 0 bridgehead atoms. The maximum absolute atomic E-state index is 13.6. The molecule has 0 saturated carbocycles. The molecule has 0 unspecified atom stereocenters. The molecule has 9 heteroatoms. The Morgan fingerprint density at radius 2 is 1.87 bits per heavy atom. The third-order valence-electron chi connectivity index (χ3n) is 6.01. The molecule has 0 aliphatic carbocycles. The van der Waals surface area contributed by atoms with E-state index in [1.54, 1.807) is 29.8 Å². The van der Waals surface area contributed by atoms with Crippen LogP contribution in [0.5, 0.6) is 0 Å². The number of aryl methyl sites for hydroxylation is 2. The van der Waals surface area contributed by atoms with Crippen molar-refractivity contribution in [2.24, 2.45) is 4.99 Å². The number of aromatic nitrogens is 3. The molecule has 0 atom stereocenters. The Bertz CT molecular complexity index is 1670. The van der Waals surface area contributed by atoms with Crippen LogP contribution in [0.2, 0.25) is 0 Å². The molecular weight excluding hydrogens is 496 g/mol. The van der Waals surface area contributed by atoms with E-state index in [9.17, 15) is 14.4 Å². The molecule has 0 saturated heterocycles. The van der Waals surface area contributed by atoms with Crippen molar-refractivity contribution in [1.29, 1.82) is 0 Å². The van der Waals surface area contributed by atoms with E-state index in [1.807, 2.05) is 57.2 Å². The standard InChI is InChI=1S/C30H32N4O5/c1-5-38-30(37)24-19-23-27(32-26-21(4)11-9-16-34(26)29(23)36)33(17-10-18-39-20(2)3)28(24)31-25(35)15-14-22-12-7-6-8-13-22/h6-9,11-16,19-20H,5,10,17-18H2,1-4H3/b15-14-,31-28?. The second-order valence-corrected chi connectivity index (χ2v) is 9.26. The summed E-state index contributed by atoms with van der Waals surface area (Å²) < 4.78 is 14.1. The van der Waals surface area contributed by atoms with Crippen LogP contribution in [0.25, 0.3) is 22.8 Å². The fourth-order valence-electron chi connectivity index (χ4n) is 4.19. The Labute approximate surface area is 226 Å². The van der Waals surface area contributed by atoms with E-state index < -0.39 is 11.9 Å². The van der Waals surface area contributed by atoms with Gasteiger partial charge in [0.1, 0.15) is 16.9 Å². The number of pyridine rings is 2. The van der Waals surface area contributed by atoms with Gasteiger partial charge >= 0.3 is 5.97 Å². The molecule has 1 amide bonds. The van der Waals surface area contributed by atoms with Crippen molar-refractivity contribution in [1.82, 2.24) is 14.0 Å². The number of hydrogen-bond acceptors (Lipinski definition) is 6. The van der Waals surface area contributed by atoms with E-state index in [4.69, 9.17) is 14.5 Å². The summed E-state index contributed by atoms with van der Waals surface area (Å²) in [5.74, 6) is -1.25. The van der Waals surface area contributed by atoms with Gasteiger partial charge in [0.2, 0.25) is 0 Å². The maximum Gasteiger partial charge on any atom is 0.341 e. The number of carbonyl (C=O) groups is 2. The second kappa shape index (κ2) is 12.4. The topological polar surface area (TPSA) is 104 Å². The van der Waals surface area contributed by atoms with Crippen molar-refractivity contribution < 1.29 is 19.1 Å². The molecule has 9 nitrogen and oxygen atoms in total. The van der Waals surface area contributed by atoms with Crippen molar-refractivity contribution in [3.8, 4) is 0 Å². The lowest BCUT2D eigenvalue weighted by atomic mass is 10.2. The van der Waals surface area contributed by atoms with E-state index in [0.717, 1.165) is 11.1 Å². The number of amides is 1. The Hall–Kier alpha value is -4.37. The average molecular weight is 529 g/mol. The van der Waals surface area contributed by atoms with Gasteiger partial charge in [-0.1, -0.05) is 36.4 Å². The summed E-state index contributed by atoms with van der Waals surface area (Å²) in [4.78, 5) is 48.8. The van der Waals surface area contributed by atoms with Crippen molar-refractivity contribution in [3.05, 3.63) is 93.3 Å². The number of hydrogen-bond donors (Lipinski definition) is 0. The summed E-state index contributed by atoms with van der Waals surface area (Å²) >= 11 is 0. The molecule has 4 aromatic rings. The zero-order valence-electron chi connectivity index (χ0n) is 22.6. The van der Waals surface area contributed by atoms with Gasteiger partial charge in [-0.15, -0.1) is 0 Å². The fourth-order valence-corrected chi connectivity index (χ4v) is 4.19. The first kappa shape index (κ1) is 27.7. The average Bonchev–Trinajstić information content (AvgIpc) is 2.92. The summed E-state index contributed by atoms with van der Waals surface area (Å²) in [6.07, 6.45) is 5.21. The van der Waals surface area contributed by atoms with Crippen molar-refractivity contribution in [2.75, 3.05) is 13.2 Å². The number of nitrogens with zero attached hydrogens (tertiary/aromatic N) is 4. The van der Waals surface area contributed by atoms with Gasteiger partial charge in [-0.3, -0.25) is 14.0 Å². The molecule has 0 aliphatic rings. The molecule has 0 spiro atoms. The highest BCUT2D eigenvalue weighted by Gasteiger charge is 2.20. The highest BCUT2D eigenvalue weighted by Crippen LogP contribution is 2.14. The normalized spacial score (nSPS) is 12.2. The zero-order valence-corrected chi connectivity index (χ0v) is 22.6. The first-order valence-electron chi connectivity index (χ1n) is 13.0. The van der Waals surface area contributed by atoms with Crippen LogP contribution in [0.3, 0.4) is 0 Å². The third kappa shape index (κ3) is 6.38. The third-order valence-corrected chi connectivity index (χ3v) is 6.01. The number of rotatable bonds is 9. The molecule has 3 aromatic heterocycles. The van der Waals surface area contributed by atoms with Gasteiger partial charge in [0.15, 0.2) is 5.49 Å². The second-order valence-electron chi connectivity index (χ2n) is 9.26. The van der Waals surface area contributed by atoms with Crippen molar-refractivity contribution in [2.45, 2.75) is 46.8 Å². The van der Waals surface area contributed by atoms with Crippen LogP contribution in [-0.4, -0.2) is 45.1 Å². The van der Waals surface area contributed by atoms with Gasteiger partial charge in [0.25, 0.3) is 11.5 Å². The minimum atomic E-state index is -0.682. The molecule has 39 heavy (non-hydrogen) atoms. The largest absolute Gasteiger partial charge is 0.462 e. The Balaban J connectivity index is 1.98. The van der Waals surface area contributed by atoms with Gasteiger partial charge in [-0.05, 0) is 63.5 Å². The van der Waals surface area contributed by atoms with E-state index in [0.29, 0.717) is 30.9 Å². The fraction of sp³-hybridized carbons (Fsp3) is 0.300. The Morgan fingerprint density at radius 1 is 1.10 bits per heavy atom. The van der Waals surface area contributed by atoms with Crippen LogP contribution in [-0.2, 0) is 20.8 Å². The molecule has 1 aromatic carbocycles. The molecule has 202 valence electrons. The summed E-state index contributed by atoms with van der Waals surface area (Å²) in [6.45, 7) is 8.30. The summed E-state index contributed by atoms with van der Waals surface area (Å²) in [5.41, 5.74) is 2.21. The molecule has 0 fully saturated rings. The van der Waals surface area contributed by atoms with E-state index in [2.05, 4.69) is 4.99 Å². The summed E-state index contributed by atoms with van der Waals surface area (Å²) in [6, 6.07) is 14.4. The van der Waals surface area contributed by atoms with Crippen LogP contribution in [0.4, 0.5) is 0 Å². The minimum Gasteiger partial charge on any atom is -0.462 e. The van der Waals surface area contributed by atoms with Crippen LogP contribution in [0.1, 0.15) is 48.7 Å². The van der Waals surface area contributed by atoms with Crippen molar-refractivity contribution in [3.63, 3.8) is 0 Å². The van der Waals surface area contributed by atoms with Crippen LogP contribution in [0.15, 0.2) is 70.6 Å². The number of carbonyl (C=O) groups excluding carboxylic acids is 2. The first-order valence-corrected chi connectivity index (χ1v) is 13.0. The zero-order chi connectivity index (χ0) is 27.9. The number of esters is 1. The van der Waals surface area contributed by atoms with Gasteiger partial charge in [-0.25, -0.2) is 9.78 Å². The minimum absolute atomic E-state index is 0.0158. The predicted molar refractivity (Wildman–Crippen MR) is 149 cm³/mol. The van der Waals surface area contributed by atoms with Crippen LogP contribution >= 0.6 is 0 Å². The maximum atomic E-state index is 13.6. The highest BCUT2D eigenvalue weighted by molar-refractivity contribution is 5.96. The SMILES string of the molecule is CCOC(=O)c1cc2c(=O)n3cccc(C)c3nc2n(CCCOC(C)C)c1=NC(=O)/C=C\c1ccccc1. The van der Waals surface area contributed by atoms with E-state index in [1.165, 1.54) is 16.5 Å². The number of ether oxygens (including phenoxy) is 2. The van der Waals surface area contributed by atoms with Gasteiger partial charge < -0.3 is 14.0 Å². The van der Waals surface area contributed by atoms with E-state index >= 15 is 0 Å². The number of fused-ring (bicyclic) bond motifs is 2. The predicted octanol–water partition coefficient (Wildman–Crippen LogP) is 4.09. The quantitative estimate of drug-likeness (QED) is 0.140. The van der Waals surface area contributed by atoms with Gasteiger partial charge in [0, 0.05) is 25.4 Å². The number of benzene rings is 1. The van der Waals surface area contributed by atoms with Gasteiger partial charge in [0.05, 0.1) is 18.1 Å². The Kier molecular flexibility index (Phi) is 8.83. The first-order chi connectivity index (χ1) is 18.8. The molecule has 0 radical (unpaired) electrons. The van der Waals surface area contributed by atoms with Crippen LogP contribution < -0.4 is 11.0 Å². The molecule has 0 aliphatic heterocycles. The molecular formula is C30H32N4O5. The highest BCUT2D eigenvalue weighted by atomic mass is 16.5. The summed E-state index contributed by atoms with van der Waals surface area (Å²) in [5, 5.41) is 0.220. The van der Waals surface area contributed by atoms with Crippen molar-refractivity contribution >= 4 is 34.6 Å². The lowest BCUT2D eigenvalue weighted by Gasteiger charge is -2.16. The van der Waals surface area contributed by atoms with Crippen LogP contribution in [0, 0.1) is 6.92 Å². The van der Waals surface area contributed by atoms with E-state index in [-0.39, 0.29) is 34.7 Å². The molecule has 4 rings (SSSR count).